The highest BCUT2D eigenvalue weighted by Crippen LogP contribution is 2.20. The molecular formula is C20H28N4O3. The van der Waals surface area contributed by atoms with Crippen LogP contribution in [0.3, 0.4) is 0 Å². The lowest BCUT2D eigenvalue weighted by molar-refractivity contribution is -0.130. The maximum atomic E-state index is 12.0. The predicted molar refractivity (Wildman–Crippen MR) is 104 cm³/mol. The summed E-state index contributed by atoms with van der Waals surface area (Å²) >= 11 is 0. The SMILES string of the molecule is CC(C)CC(=O)Nc1ccc2c(c1)nc(CCNC(=O)[C@H]1CCCO1)n2C. The summed E-state index contributed by atoms with van der Waals surface area (Å²) in [4.78, 5) is 28.6. The molecule has 1 atom stereocenters. The van der Waals surface area contributed by atoms with Gasteiger partial charge in [-0.25, -0.2) is 4.98 Å². The first-order chi connectivity index (χ1) is 12.9. The van der Waals surface area contributed by atoms with Gasteiger partial charge in [-0.15, -0.1) is 0 Å². The van der Waals surface area contributed by atoms with Gasteiger partial charge in [0.1, 0.15) is 11.9 Å². The normalized spacial score (nSPS) is 16.8. The van der Waals surface area contributed by atoms with Crippen molar-refractivity contribution in [3.05, 3.63) is 24.0 Å². The van der Waals surface area contributed by atoms with E-state index in [4.69, 9.17) is 4.74 Å². The van der Waals surface area contributed by atoms with E-state index in [2.05, 4.69) is 15.6 Å². The van der Waals surface area contributed by atoms with Crippen molar-refractivity contribution in [2.45, 2.75) is 45.6 Å². The zero-order valence-corrected chi connectivity index (χ0v) is 16.2. The molecule has 7 heteroatoms. The molecule has 0 spiro atoms. The minimum atomic E-state index is -0.303. The number of ether oxygens (including phenoxy) is 1. The fraction of sp³-hybridized carbons (Fsp3) is 0.550. The lowest BCUT2D eigenvalue weighted by Gasteiger charge is -2.10. The fourth-order valence-corrected chi connectivity index (χ4v) is 3.33. The van der Waals surface area contributed by atoms with Crippen molar-refractivity contribution in [2.75, 3.05) is 18.5 Å². The van der Waals surface area contributed by atoms with Gasteiger partial charge in [0.05, 0.1) is 11.0 Å². The highest BCUT2D eigenvalue weighted by Gasteiger charge is 2.23. The van der Waals surface area contributed by atoms with Gasteiger partial charge in [-0.1, -0.05) is 13.8 Å². The summed E-state index contributed by atoms with van der Waals surface area (Å²) in [6.07, 6.45) is 2.57. The number of carbonyl (C=O) groups excluding carboxylic acids is 2. The maximum Gasteiger partial charge on any atom is 0.249 e. The van der Waals surface area contributed by atoms with Crippen LogP contribution in [-0.4, -0.2) is 40.6 Å². The summed E-state index contributed by atoms with van der Waals surface area (Å²) in [5, 5.41) is 5.85. The molecule has 1 aliphatic rings. The summed E-state index contributed by atoms with van der Waals surface area (Å²) < 4.78 is 7.41. The molecule has 1 saturated heterocycles. The highest BCUT2D eigenvalue weighted by atomic mass is 16.5. The third-order valence-electron chi connectivity index (χ3n) is 4.72. The van der Waals surface area contributed by atoms with E-state index >= 15 is 0 Å². The molecule has 2 aromatic rings. The molecule has 146 valence electrons. The molecule has 1 fully saturated rings. The third-order valence-corrected chi connectivity index (χ3v) is 4.72. The minimum absolute atomic E-state index is 0.0114. The molecule has 0 radical (unpaired) electrons. The average Bonchev–Trinajstić information content (AvgIpc) is 3.23. The van der Waals surface area contributed by atoms with Gasteiger partial charge in [0, 0.05) is 38.7 Å². The van der Waals surface area contributed by atoms with Crippen LogP contribution in [0.25, 0.3) is 11.0 Å². The number of aromatic nitrogens is 2. The molecule has 27 heavy (non-hydrogen) atoms. The minimum Gasteiger partial charge on any atom is -0.368 e. The Bertz CT molecular complexity index is 822. The Kier molecular flexibility index (Phi) is 6.11. The van der Waals surface area contributed by atoms with E-state index in [1.54, 1.807) is 0 Å². The molecule has 2 heterocycles. The summed E-state index contributed by atoms with van der Waals surface area (Å²) in [6.45, 7) is 5.23. The van der Waals surface area contributed by atoms with Crippen LogP contribution in [0, 0.1) is 5.92 Å². The summed E-state index contributed by atoms with van der Waals surface area (Å²) in [6, 6.07) is 5.75. The van der Waals surface area contributed by atoms with Crippen LogP contribution in [0.1, 0.15) is 38.9 Å². The number of benzene rings is 1. The van der Waals surface area contributed by atoms with Crippen molar-refractivity contribution in [1.29, 1.82) is 0 Å². The Morgan fingerprint density at radius 2 is 2.19 bits per heavy atom. The monoisotopic (exact) mass is 372 g/mol. The predicted octanol–water partition coefficient (Wildman–Crippen LogP) is 2.40. The first kappa shape index (κ1) is 19.4. The second-order valence-corrected chi connectivity index (χ2v) is 7.48. The van der Waals surface area contributed by atoms with Gasteiger partial charge in [0.15, 0.2) is 0 Å². The lowest BCUT2D eigenvalue weighted by atomic mass is 10.1. The van der Waals surface area contributed by atoms with Gasteiger partial charge in [-0.05, 0) is 37.0 Å². The quantitative estimate of drug-likeness (QED) is 0.781. The topological polar surface area (TPSA) is 85.2 Å². The molecule has 1 aliphatic heterocycles. The number of fused-ring (bicyclic) bond motifs is 1. The number of anilines is 1. The van der Waals surface area contributed by atoms with Crippen molar-refractivity contribution >= 4 is 28.5 Å². The van der Waals surface area contributed by atoms with Crippen LogP contribution in [0.15, 0.2) is 18.2 Å². The maximum absolute atomic E-state index is 12.0. The number of nitrogens with zero attached hydrogens (tertiary/aromatic N) is 2. The summed E-state index contributed by atoms with van der Waals surface area (Å²) in [7, 11) is 1.96. The number of rotatable bonds is 7. The highest BCUT2D eigenvalue weighted by molar-refractivity contribution is 5.93. The molecule has 2 amide bonds. The van der Waals surface area contributed by atoms with Crippen molar-refractivity contribution < 1.29 is 14.3 Å². The van der Waals surface area contributed by atoms with Crippen molar-refractivity contribution in [3.63, 3.8) is 0 Å². The zero-order chi connectivity index (χ0) is 19.4. The van der Waals surface area contributed by atoms with Gasteiger partial charge in [0.2, 0.25) is 11.8 Å². The van der Waals surface area contributed by atoms with Gasteiger partial charge in [-0.2, -0.15) is 0 Å². The van der Waals surface area contributed by atoms with E-state index in [1.165, 1.54) is 0 Å². The Morgan fingerprint density at radius 1 is 1.37 bits per heavy atom. The molecule has 0 saturated carbocycles. The molecule has 0 bridgehead atoms. The van der Waals surface area contributed by atoms with E-state index in [0.717, 1.165) is 35.4 Å². The number of carbonyl (C=O) groups is 2. The van der Waals surface area contributed by atoms with Gasteiger partial charge in [0.25, 0.3) is 0 Å². The molecule has 1 aromatic heterocycles. The average molecular weight is 372 g/mol. The number of imidazole rings is 1. The van der Waals surface area contributed by atoms with Crippen LogP contribution in [0.4, 0.5) is 5.69 Å². The molecule has 0 aliphatic carbocycles. The standard InChI is InChI=1S/C20H28N4O3/c1-13(2)11-19(25)22-14-6-7-16-15(12-14)23-18(24(16)3)8-9-21-20(26)17-5-4-10-27-17/h6-7,12-13,17H,4-5,8-11H2,1-3H3,(H,21,26)(H,22,25)/t17-/m1/s1. The summed E-state index contributed by atoms with van der Waals surface area (Å²) in [5.74, 6) is 1.18. The number of aryl methyl sites for hydroxylation is 1. The van der Waals surface area contributed by atoms with Gasteiger partial charge in [-0.3, -0.25) is 9.59 Å². The molecule has 3 rings (SSSR count). The molecular weight excluding hydrogens is 344 g/mol. The van der Waals surface area contributed by atoms with Gasteiger partial charge >= 0.3 is 0 Å². The van der Waals surface area contributed by atoms with Crippen molar-refractivity contribution in [3.8, 4) is 0 Å². The molecule has 0 unspecified atom stereocenters. The summed E-state index contributed by atoms with van der Waals surface area (Å²) in [5.41, 5.74) is 2.59. The second kappa shape index (κ2) is 8.52. The third kappa shape index (κ3) is 4.86. The smallest absolute Gasteiger partial charge is 0.249 e. The van der Waals surface area contributed by atoms with Gasteiger partial charge < -0.3 is 19.9 Å². The Balaban J connectivity index is 1.61. The second-order valence-electron chi connectivity index (χ2n) is 7.48. The van der Waals surface area contributed by atoms with E-state index in [9.17, 15) is 9.59 Å². The fourth-order valence-electron chi connectivity index (χ4n) is 3.33. The molecule has 2 N–H and O–H groups in total. The largest absolute Gasteiger partial charge is 0.368 e. The Labute approximate surface area is 159 Å². The first-order valence-corrected chi connectivity index (χ1v) is 9.58. The van der Waals surface area contributed by atoms with Crippen LogP contribution in [-0.2, 0) is 27.8 Å². The Morgan fingerprint density at radius 3 is 2.89 bits per heavy atom. The van der Waals surface area contributed by atoms with Crippen molar-refractivity contribution in [1.82, 2.24) is 14.9 Å². The van der Waals surface area contributed by atoms with E-state index in [1.807, 2.05) is 43.7 Å². The first-order valence-electron chi connectivity index (χ1n) is 9.58. The zero-order valence-electron chi connectivity index (χ0n) is 16.2. The van der Waals surface area contributed by atoms with Crippen LogP contribution in [0.5, 0.6) is 0 Å². The lowest BCUT2D eigenvalue weighted by Crippen LogP contribution is -2.35. The Hall–Kier alpha value is -2.41. The number of nitrogens with one attached hydrogen (secondary N) is 2. The van der Waals surface area contributed by atoms with Crippen LogP contribution in [0.2, 0.25) is 0 Å². The number of amides is 2. The van der Waals surface area contributed by atoms with Crippen molar-refractivity contribution in [2.24, 2.45) is 13.0 Å². The van der Waals surface area contributed by atoms with E-state index < -0.39 is 0 Å². The van der Waals surface area contributed by atoms with E-state index in [0.29, 0.717) is 31.9 Å². The number of hydrogen-bond acceptors (Lipinski definition) is 4. The molecule has 1 aromatic carbocycles. The number of hydrogen-bond donors (Lipinski definition) is 2. The molecule has 7 nitrogen and oxygen atoms in total. The van der Waals surface area contributed by atoms with E-state index in [-0.39, 0.29) is 17.9 Å². The van der Waals surface area contributed by atoms with Crippen LogP contribution >= 0.6 is 0 Å². The van der Waals surface area contributed by atoms with Crippen LogP contribution < -0.4 is 10.6 Å².